The topological polar surface area (TPSA) is 62.4 Å². The molecule has 1 atom stereocenters. The lowest BCUT2D eigenvalue weighted by atomic mass is 10.0. The van der Waals surface area contributed by atoms with Crippen LogP contribution in [0.1, 0.15) is 6.42 Å². The van der Waals surface area contributed by atoms with Gasteiger partial charge in [-0.2, -0.15) is 13.2 Å². The summed E-state index contributed by atoms with van der Waals surface area (Å²) in [5.41, 5.74) is 3.27. The predicted molar refractivity (Wildman–Crippen MR) is 56.5 cm³/mol. The molecule has 0 bridgehead atoms. The van der Waals surface area contributed by atoms with Crippen LogP contribution in [0.3, 0.4) is 0 Å². The first-order valence-corrected chi connectivity index (χ1v) is 5.08. The number of rotatable bonds is 1. The number of pyridine rings is 1. The summed E-state index contributed by atoms with van der Waals surface area (Å²) in [5, 5.41) is 9.52. The van der Waals surface area contributed by atoms with Crippen LogP contribution in [0.25, 0.3) is 0 Å². The zero-order valence-corrected chi connectivity index (χ0v) is 8.91. The first kappa shape index (κ1) is 12.0. The zero-order chi connectivity index (χ0) is 12.7. The summed E-state index contributed by atoms with van der Waals surface area (Å²) in [5.74, 6) is 0.285. The van der Waals surface area contributed by atoms with Crippen molar-refractivity contribution in [2.24, 2.45) is 0 Å². The van der Waals surface area contributed by atoms with E-state index < -0.39 is 18.3 Å². The molecule has 0 unspecified atom stereocenters. The van der Waals surface area contributed by atoms with Gasteiger partial charge in [0.2, 0.25) is 0 Å². The fourth-order valence-electron chi connectivity index (χ4n) is 1.88. The van der Waals surface area contributed by atoms with Crippen molar-refractivity contribution < 1.29 is 18.3 Å². The van der Waals surface area contributed by atoms with Crippen LogP contribution in [0, 0.1) is 0 Å². The van der Waals surface area contributed by atoms with Crippen LogP contribution < -0.4 is 10.6 Å². The highest BCUT2D eigenvalue weighted by molar-refractivity contribution is 5.62. The molecule has 1 aliphatic heterocycles. The van der Waals surface area contributed by atoms with E-state index in [1.807, 2.05) is 0 Å². The van der Waals surface area contributed by atoms with Gasteiger partial charge >= 0.3 is 6.18 Å². The number of alkyl halides is 3. The lowest BCUT2D eigenvalue weighted by Gasteiger charge is -2.26. The highest BCUT2D eigenvalue weighted by Crippen LogP contribution is 2.39. The third-order valence-electron chi connectivity index (χ3n) is 2.89. The van der Waals surface area contributed by atoms with E-state index >= 15 is 0 Å². The Morgan fingerprint density at radius 1 is 1.47 bits per heavy atom. The van der Waals surface area contributed by atoms with E-state index in [2.05, 4.69) is 4.98 Å². The predicted octanol–water partition coefficient (Wildman–Crippen LogP) is 1.17. The number of aliphatic hydroxyl groups is 1. The maximum atomic E-state index is 12.6. The molecule has 0 spiro atoms. The van der Waals surface area contributed by atoms with Crippen molar-refractivity contribution in [2.75, 3.05) is 23.7 Å². The standard InChI is InChI=1S/C10H12F3N3O/c11-10(12,13)9(17)3-5-16(6-9)8-7(14)2-1-4-15-8/h1-2,4,17H,3,5-6,14H2/t9-/m0/s1. The van der Waals surface area contributed by atoms with Crippen molar-refractivity contribution in [3.63, 3.8) is 0 Å². The van der Waals surface area contributed by atoms with Crippen LogP contribution in [0.15, 0.2) is 18.3 Å². The lowest BCUT2D eigenvalue weighted by molar-refractivity contribution is -0.250. The van der Waals surface area contributed by atoms with Gasteiger partial charge in [-0.25, -0.2) is 4.98 Å². The Labute approximate surface area is 95.9 Å². The van der Waals surface area contributed by atoms with E-state index in [9.17, 15) is 18.3 Å². The summed E-state index contributed by atoms with van der Waals surface area (Å²) in [6.07, 6.45) is -3.55. The Morgan fingerprint density at radius 3 is 2.71 bits per heavy atom. The van der Waals surface area contributed by atoms with E-state index in [4.69, 9.17) is 5.73 Å². The summed E-state index contributed by atoms with van der Waals surface area (Å²) in [4.78, 5) is 5.28. The van der Waals surface area contributed by atoms with Crippen molar-refractivity contribution in [3.8, 4) is 0 Å². The zero-order valence-electron chi connectivity index (χ0n) is 8.91. The SMILES string of the molecule is Nc1cccnc1N1CC[C@@](O)(C(F)(F)F)C1. The van der Waals surface area contributed by atoms with Crippen molar-refractivity contribution in [3.05, 3.63) is 18.3 Å². The molecule has 0 saturated carbocycles. The van der Waals surface area contributed by atoms with Gasteiger partial charge in [0.15, 0.2) is 11.4 Å². The number of nitrogens with zero attached hydrogens (tertiary/aromatic N) is 2. The number of nitrogen functional groups attached to an aromatic ring is 1. The van der Waals surface area contributed by atoms with Gasteiger partial charge in [0, 0.05) is 19.2 Å². The number of halogens is 3. The van der Waals surface area contributed by atoms with Gasteiger partial charge in [-0.1, -0.05) is 0 Å². The van der Waals surface area contributed by atoms with E-state index in [0.717, 1.165) is 0 Å². The van der Waals surface area contributed by atoms with Crippen LogP contribution in [-0.2, 0) is 0 Å². The minimum absolute atomic E-state index is 0.0806. The van der Waals surface area contributed by atoms with E-state index in [0.29, 0.717) is 5.69 Å². The second kappa shape index (κ2) is 3.76. The fourth-order valence-corrected chi connectivity index (χ4v) is 1.88. The van der Waals surface area contributed by atoms with Crippen molar-refractivity contribution in [1.82, 2.24) is 4.98 Å². The number of β-amino-alcohol motifs (C(OH)–C–C–N with tert-alkyl or cyclic N) is 1. The number of hydrogen-bond acceptors (Lipinski definition) is 4. The molecule has 1 aliphatic rings. The Morgan fingerprint density at radius 2 is 2.18 bits per heavy atom. The second-order valence-corrected chi connectivity index (χ2v) is 4.12. The van der Waals surface area contributed by atoms with Gasteiger partial charge in [0.1, 0.15) is 0 Å². The quantitative estimate of drug-likeness (QED) is 0.782. The van der Waals surface area contributed by atoms with Crippen LogP contribution in [-0.4, -0.2) is 35.0 Å². The molecule has 94 valence electrons. The maximum Gasteiger partial charge on any atom is 0.418 e. The molecule has 17 heavy (non-hydrogen) atoms. The molecule has 0 aromatic carbocycles. The van der Waals surface area contributed by atoms with Gasteiger partial charge in [-0.3, -0.25) is 0 Å². The van der Waals surface area contributed by atoms with Crippen LogP contribution in [0.5, 0.6) is 0 Å². The number of aromatic nitrogens is 1. The fraction of sp³-hybridized carbons (Fsp3) is 0.500. The third-order valence-corrected chi connectivity index (χ3v) is 2.89. The highest BCUT2D eigenvalue weighted by Gasteiger charge is 2.57. The lowest BCUT2D eigenvalue weighted by Crippen LogP contribution is -2.47. The molecule has 0 aliphatic carbocycles. The minimum atomic E-state index is -4.63. The Balaban J connectivity index is 2.22. The molecule has 7 heteroatoms. The molecule has 0 radical (unpaired) electrons. The average molecular weight is 247 g/mol. The van der Waals surface area contributed by atoms with Gasteiger partial charge in [-0.15, -0.1) is 0 Å². The Kier molecular flexibility index (Phi) is 2.65. The van der Waals surface area contributed by atoms with Gasteiger partial charge < -0.3 is 15.7 Å². The Bertz CT molecular complexity index is 424. The monoisotopic (exact) mass is 247 g/mol. The molecular weight excluding hydrogens is 235 g/mol. The van der Waals surface area contributed by atoms with Gasteiger partial charge in [-0.05, 0) is 12.1 Å². The van der Waals surface area contributed by atoms with Crippen LogP contribution >= 0.6 is 0 Å². The summed E-state index contributed by atoms with van der Waals surface area (Å²) < 4.78 is 37.8. The largest absolute Gasteiger partial charge is 0.418 e. The number of nitrogens with two attached hydrogens (primary N) is 1. The van der Waals surface area contributed by atoms with E-state index in [-0.39, 0.29) is 18.8 Å². The van der Waals surface area contributed by atoms with E-state index in [1.54, 1.807) is 12.1 Å². The summed E-state index contributed by atoms with van der Waals surface area (Å²) in [7, 11) is 0. The first-order chi connectivity index (χ1) is 7.83. The summed E-state index contributed by atoms with van der Waals surface area (Å²) in [6.45, 7) is -0.449. The Hall–Kier alpha value is -1.50. The molecule has 0 amide bonds. The number of anilines is 2. The highest BCUT2D eigenvalue weighted by atomic mass is 19.4. The molecule has 1 aromatic rings. The van der Waals surface area contributed by atoms with Gasteiger partial charge in [0.25, 0.3) is 0 Å². The minimum Gasteiger partial charge on any atom is -0.396 e. The molecule has 3 N–H and O–H groups in total. The summed E-state index contributed by atoms with van der Waals surface area (Å²) >= 11 is 0. The molecule has 1 saturated heterocycles. The maximum absolute atomic E-state index is 12.6. The molecule has 4 nitrogen and oxygen atoms in total. The van der Waals surface area contributed by atoms with Crippen molar-refractivity contribution >= 4 is 11.5 Å². The molecular formula is C10H12F3N3O. The second-order valence-electron chi connectivity index (χ2n) is 4.12. The van der Waals surface area contributed by atoms with Crippen LogP contribution in [0.2, 0.25) is 0 Å². The first-order valence-electron chi connectivity index (χ1n) is 5.08. The average Bonchev–Trinajstić information content (AvgIpc) is 2.62. The van der Waals surface area contributed by atoms with E-state index in [1.165, 1.54) is 11.1 Å². The molecule has 2 heterocycles. The summed E-state index contributed by atoms with van der Waals surface area (Å²) in [6, 6.07) is 3.16. The normalized spacial score (nSPS) is 25.3. The van der Waals surface area contributed by atoms with Gasteiger partial charge in [0.05, 0.1) is 12.2 Å². The number of hydrogen-bond donors (Lipinski definition) is 2. The third kappa shape index (κ3) is 2.02. The van der Waals surface area contributed by atoms with Crippen LogP contribution in [0.4, 0.5) is 24.7 Å². The van der Waals surface area contributed by atoms with Crippen molar-refractivity contribution in [1.29, 1.82) is 0 Å². The molecule has 2 rings (SSSR count). The smallest absolute Gasteiger partial charge is 0.396 e. The van der Waals surface area contributed by atoms with Crippen molar-refractivity contribution in [2.45, 2.75) is 18.2 Å². The molecule has 1 aromatic heterocycles. The molecule has 1 fully saturated rings.